The van der Waals surface area contributed by atoms with Crippen molar-refractivity contribution in [2.75, 3.05) is 0 Å². The summed E-state index contributed by atoms with van der Waals surface area (Å²) in [6.07, 6.45) is -0.694. The Balaban J connectivity index is 2.58. The van der Waals surface area contributed by atoms with E-state index in [9.17, 15) is 9.59 Å². The largest absolute Gasteiger partial charge is 0.442 e. The molecule has 0 unspecified atom stereocenters. The van der Waals surface area contributed by atoms with Gasteiger partial charge in [0.1, 0.15) is 11.2 Å². The zero-order chi connectivity index (χ0) is 15.6. The summed E-state index contributed by atoms with van der Waals surface area (Å²) in [6.45, 7) is 10.5. The number of hydrogen-bond acceptors (Lipinski definition) is 6. The average molecular weight is 287 g/mol. The number of carbonyl (C=O) groups excluding carboxylic acids is 1. The molecule has 0 spiro atoms. The SMILES string of the molecule is Cc1noc(=O)n1CC(C)(C)ONC(=O)OC(C)(C)C. The van der Waals surface area contributed by atoms with Gasteiger partial charge in [0.15, 0.2) is 5.82 Å². The Morgan fingerprint density at radius 3 is 2.40 bits per heavy atom. The number of ether oxygens (including phenoxy) is 1. The van der Waals surface area contributed by atoms with Crippen LogP contribution in [-0.4, -0.2) is 27.0 Å². The van der Waals surface area contributed by atoms with Crippen molar-refractivity contribution in [1.29, 1.82) is 0 Å². The standard InChI is InChI=1S/C12H21N3O5/c1-8-13-19-10(17)15(8)7-12(5,6)20-14-9(16)18-11(2,3)4/h7H2,1-6H3,(H,14,16). The molecule has 1 amide bonds. The fourth-order valence-electron chi connectivity index (χ4n) is 1.41. The van der Waals surface area contributed by atoms with Crippen LogP contribution in [0, 0.1) is 6.92 Å². The van der Waals surface area contributed by atoms with Crippen LogP contribution in [0.5, 0.6) is 0 Å². The normalized spacial score (nSPS) is 12.3. The van der Waals surface area contributed by atoms with Gasteiger partial charge < -0.3 is 4.74 Å². The van der Waals surface area contributed by atoms with Gasteiger partial charge in [0.2, 0.25) is 0 Å². The predicted octanol–water partition coefficient (Wildman–Crippen LogP) is 1.38. The lowest BCUT2D eigenvalue weighted by atomic mass is 10.1. The van der Waals surface area contributed by atoms with Gasteiger partial charge in [-0.1, -0.05) is 5.16 Å². The summed E-state index contributed by atoms with van der Waals surface area (Å²) >= 11 is 0. The van der Waals surface area contributed by atoms with Gasteiger partial charge in [-0.25, -0.2) is 9.59 Å². The number of hydrogen-bond donors (Lipinski definition) is 1. The molecule has 1 heterocycles. The van der Waals surface area contributed by atoms with E-state index >= 15 is 0 Å². The molecule has 1 rings (SSSR count). The second kappa shape index (κ2) is 5.66. The lowest BCUT2D eigenvalue weighted by molar-refractivity contribution is -0.0949. The van der Waals surface area contributed by atoms with E-state index in [2.05, 4.69) is 15.2 Å². The maximum atomic E-state index is 11.5. The number of aromatic nitrogens is 2. The molecule has 0 aliphatic rings. The lowest BCUT2D eigenvalue weighted by Crippen LogP contribution is -2.42. The maximum absolute atomic E-state index is 11.5. The summed E-state index contributed by atoms with van der Waals surface area (Å²) in [5.74, 6) is -0.139. The van der Waals surface area contributed by atoms with Crippen molar-refractivity contribution < 1.29 is 18.9 Å². The fraction of sp³-hybridized carbons (Fsp3) is 0.750. The van der Waals surface area contributed by atoms with Crippen molar-refractivity contribution in [3.05, 3.63) is 16.4 Å². The van der Waals surface area contributed by atoms with E-state index in [1.165, 1.54) is 4.57 Å². The average Bonchev–Trinajstić information content (AvgIpc) is 2.56. The Bertz CT molecular complexity index is 524. The number of amides is 1. The van der Waals surface area contributed by atoms with Crippen LogP contribution in [-0.2, 0) is 16.1 Å². The summed E-state index contributed by atoms with van der Waals surface area (Å²) < 4.78 is 10.9. The Kier molecular flexibility index (Phi) is 4.59. The number of rotatable bonds is 4. The molecule has 1 N–H and O–H groups in total. The molecule has 0 aromatic carbocycles. The molecular formula is C12H21N3O5. The number of carbonyl (C=O) groups is 1. The summed E-state index contributed by atoms with van der Waals surface area (Å²) in [7, 11) is 0. The Morgan fingerprint density at radius 1 is 1.35 bits per heavy atom. The van der Waals surface area contributed by atoms with Crippen molar-refractivity contribution in [3.8, 4) is 0 Å². The highest BCUT2D eigenvalue weighted by Crippen LogP contribution is 2.12. The van der Waals surface area contributed by atoms with Crippen LogP contribution in [0.1, 0.15) is 40.4 Å². The second-order valence-electron chi connectivity index (χ2n) is 6.05. The van der Waals surface area contributed by atoms with Crippen LogP contribution in [0.25, 0.3) is 0 Å². The molecule has 0 aliphatic heterocycles. The Hall–Kier alpha value is -1.83. The van der Waals surface area contributed by atoms with Crippen molar-refractivity contribution in [1.82, 2.24) is 15.2 Å². The fourth-order valence-corrected chi connectivity index (χ4v) is 1.41. The van der Waals surface area contributed by atoms with Gasteiger partial charge in [0.05, 0.1) is 6.54 Å². The molecule has 8 nitrogen and oxygen atoms in total. The van der Waals surface area contributed by atoms with Gasteiger partial charge in [0.25, 0.3) is 0 Å². The predicted molar refractivity (Wildman–Crippen MR) is 70.0 cm³/mol. The molecule has 0 saturated carbocycles. The molecule has 0 aliphatic carbocycles. The van der Waals surface area contributed by atoms with Crippen LogP contribution < -0.4 is 11.2 Å². The summed E-state index contributed by atoms with van der Waals surface area (Å²) in [5.41, 5.74) is 0.756. The molecule has 114 valence electrons. The molecule has 0 saturated heterocycles. The number of hydroxylamine groups is 1. The molecule has 0 fully saturated rings. The molecule has 0 radical (unpaired) electrons. The van der Waals surface area contributed by atoms with Crippen molar-refractivity contribution in [2.24, 2.45) is 0 Å². The van der Waals surface area contributed by atoms with Crippen LogP contribution in [0.4, 0.5) is 4.79 Å². The van der Waals surface area contributed by atoms with Crippen LogP contribution in [0.3, 0.4) is 0 Å². The molecule has 1 aromatic rings. The van der Waals surface area contributed by atoms with E-state index in [4.69, 9.17) is 9.57 Å². The van der Waals surface area contributed by atoms with E-state index in [1.54, 1.807) is 41.5 Å². The van der Waals surface area contributed by atoms with E-state index in [0.717, 1.165) is 0 Å². The van der Waals surface area contributed by atoms with Gasteiger partial charge in [-0.05, 0) is 41.5 Å². The first-order valence-corrected chi connectivity index (χ1v) is 6.20. The van der Waals surface area contributed by atoms with Crippen molar-refractivity contribution >= 4 is 6.09 Å². The zero-order valence-corrected chi connectivity index (χ0v) is 12.6. The van der Waals surface area contributed by atoms with Gasteiger partial charge in [-0.3, -0.25) is 13.9 Å². The summed E-state index contributed by atoms with van der Waals surface area (Å²) in [4.78, 5) is 28.2. The van der Waals surface area contributed by atoms with Gasteiger partial charge in [0, 0.05) is 0 Å². The lowest BCUT2D eigenvalue weighted by Gasteiger charge is -2.26. The minimum atomic E-state index is -0.836. The van der Waals surface area contributed by atoms with Crippen LogP contribution >= 0.6 is 0 Å². The van der Waals surface area contributed by atoms with E-state index in [-0.39, 0.29) is 6.54 Å². The molecule has 0 bridgehead atoms. The van der Waals surface area contributed by atoms with Crippen LogP contribution in [0.15, 0.2) is 9.32 Å². The van der Waals surface area contributed by atoms with Gasteiger partial charge >= 0.3 is 11.8 Å². The van der Waals surface area contributed by atoms with Crippen molar-refractivity contribution in [2.45, 2.75) is 59.3 Å². The third kappa shape index (κ3) is 5.04. The van der Waals surface area contributed by atoms with Gasteiger partial charge in [-0.15, -0.1) is 0 Å². The molecule has 0 atom stereocenters. The summed E-state index contributed by atoms with van der Waals surface area (Å²) in [5, 5.41) is 3.55. The quantitative estimate of drug-likeness (QED) is 0.840. The Labute approximate surface area is 117 Å². The van der Waals surface area contributed by atoms with Crippen molar-refractivity contribution in [3.63, 3.8) is 0 Å². The zero-order valence-electron chi connectivity index (χ0n) is 12.6. The first-order chi connectivity index (χ1) is 9.00. The first kappa shape index (κ1) is 16.2. The van der Waals surface area contributed by atoms with E-state index < -0.39 is 23.1 Å². The number of aryl methyl sites for hydroxylation is 1. The topological polar surface area (TPSA) is 95.6 Å². The maximum Gasteiger partial charge on any atom is 0.441 e. The highest BCUT2D eigenvalue weighted by atomic mass is 16.7. The first-order valence-electron chi connectivity index (χ1n) is 6.20. The Morgan fingerprint density at radius 2 is 1.95 bits per heavy atom. The third-order valence-corrected chi connectivity index (χ3v) is 2.22. The van der Waals surface area contributed by atoms with E-state index in [1.807, 2.05) is 0 Å². The third-order valence-electron chi connectivity index (χ3n) is 2.22. The van der Waals surface area contributed by atoms with E-state index in [0.29, 0.717) is 5.82 Å². The number of nitrogens with one attached hydrogen (secondary N) is 1. The molecule has 20 heavy (non-hydrogen) atoms. The smallest absolute Gasteiger partial charge is 0.441 e. The highest BCUT2D eigenvalue weighted by molar-refractivity contribution is 5.66. The minimum absolute atomic E-state index is 0.178. The molecule has 8 heteroatoms. The minimum Gasteiger partial charge on any atom is -0.442 e. The molecule has 1 aromatic heterocycles. The number of nitrogens with zero attached hydrogens (tertiary/aromatic N) is 2. The van der Waals surface area contributed by atoms with Crippen LogP contribution in [0.2, 0.25) is 0 Å². The van der Waals surface area contributed by atoms with Gasteiger partial charge in [-0.2, -0.15) is 5.48 Å². The summed E-state index contributed by atoms with van der Waals surface area (Å²) in [6, 6.07) is 0. The molecular weight excluding hydrogens is 266 g/mol. The monoisotopic (exact) mass is 287 g/mol. The second-order valence-corrected chi connectivity index (χ2v) is 6.05. The highest BCUT2D eigenvalue weighted by Gasteiger charge is 2.25.